The molecule has 1 amide bonds. The summed E-state index contributed by atoms with van der Waals surface area (Å²) in [4.78, 5) is 10.8. The molecule has 1 rings (SSSR count). The van der Waals surface area contributed by atoms with E-state index < -0.39 is 0 Å². The Balaban J connectivity index is 1.85. The van der Waals surface area contributed by atoms with Gasteiger partial charge in [-0.25, -0.2) is 0 Å². The third-order valence-corrected chi connectivity index (χ3v) is 2.33. The zero-order valence-electron chi connectivity index (χ0n) is 11.3. The lowest BCUT2D eigenvalue weighted by Crippen LogP contribution is -2.23. The molecule has 1 N–H and O–H groups in total. The molecule has 0 aliphatic rings. The van der Waals surface area contributed by atoms with Crippen LogP contribution in [0.15, 0.2) is 30.3 Å². The summed E-state index contributed by atoms with van der Waals surface area (Å²) in [7, 11) is 1.58. The van der Waals surface area contributed by atoms with Crippen LogP contribution in [0.2, 0.25) is 0 Å². The van der Waals surface area contributed by atoms with Gasteiger partial charge in [-0.2, -0.15) is 0 Å². The molecule has 0 aliphatic heterocycles. The number of likely N-dealkylation sites (N-methyl/N-ethyl adjacent to an activating group) is 1. The van der Waals surface area contributed by atoms with Crippen LogP contribution in [0.3, 0.4) is 0 Å². The summed E-state index contributed by atoms with van der Waals surface area (Å²) < 4.78 is 16.0. The summed E-state index contributed by atoms with van der Waals surface area (Å²) in [5, 5.41) is 2.49. The normalized spacial score (nSPS) is 10.2. The maximum absolute atomic E-state index is 10.8. The minimum atomic E-state index is -0.114. The van der Waals surface area contributed by atoms with Gasteiger partial charge < -0.3 is 19.5 Å². The van der Waals surface area contributed by atoms with Crippen molar-refractivity contribution in [2.24, 2.45) is 0 Å². The van der Waals surface area contributed by atoms with E-state index in [2.05, 4.69) is 5.32 Å². The fourth-order valence-corrected chi connectivity index (χ4v) is 1.34. The molecule has 0 saturated heterocycles. The number of hydrogen-bond acceptors (Lipinski definition) is 4. The van der Waals surface area contributed by atoms with Gasteiger partial charge in [0.1, 0.15) is 19.0 Å². The Morgan fingerprint density at radius 2 is 1.79 bits per heavy atom. The van der Waals surface area contributed by atoms with E-state index in [1.807, 2.05) is 30.3 Å². The van der Waals surface area contributed by atoms with E-state index in [1.165, 1.54) is 0 Å². The third kappa shape index (κ3) is 8.18. The molecule has 0 aromatic heterocycles. The third-order valence-electron chi connectivity index (χ3n) is 2.33. The molecule has 0 heterocycles. The van der Waals surface area contributed by atoms with E-state index in [4.69, 9.17) is 14.2 Å². The van der Waals surface area contributed by atoms with Crippen molar-refractivity contribution in [1.82, 2.24) is 5.32 Å². The first-order valence-electron chi connectivity index (χ1n) is 6.37. The van der Waals surface area contributed by atoms with Gasteiger partial charge in [0, 0.05) is 20.3 Å². The minimum Gasteiger partial charge on any atom is -0.491 e. The lowest BCUT2D eigenvalue weighted by molar-refractivity contribution is -0.125. The van der Waals surface area contributed by atoms with Crippen LogP contribution in [-0.2, 0) is 14.3 Å². The maximum Gasteiger partial charge on any atom is 0.245 e. The highest BCUT2D eigenvalue weighted by molar-refractivity contribution is 5.76. The standard InChI is InChI=1S/C14H21NO4/c1-15-14(16)12-18-9-5-8-17-10-11-19-13-6-3-2-4-7-13/h2-4,6-7H,5,8-12H2,1H3,(H,15,16). The van der Waals surface area contributed by atoms with E-state index in [-0.39, 0.29) is 12.5 Å². The van der Waals surface area contributed by atoms with Crippen molar-refractivity contribution in [3.63, 3.8) is 0 Å². The molecule has 106 valence electrons. The van der Waals surface area contributed by atoms with E-state index in [0.29, 0.717) is 26.4 Å². The molecule has 0 fully saturated rings. The van der Waals surface area contributed by atoms with Crippen LogP contribution in [0, 0.1) is 0 Å². The fraction of sp³-hybridized carbons (Fsp3) is 0.500. The fourth-order valence-electron chi connectivity index (χ4n) is 1.34. The molecular weight excluding hydrogens is 246 g/mol. The van der Waals surface area contributed by atoms with E-state index in [1.54, 1.807) is 7.05 Å². The summed E-state index contributed by atoms with van der Waals surface area (Å²) in [6.07, 6.45) is 0.766. The number of nitrogens with one attached hydrogen (secondary N) is 1. The highest BCUT2D eigenvalue weighted by Gasteiger charge is 1.97. The average Bonchev–Trinajstić information content (AvgIpc) is 2.46. The zero-order valence-corrected chi connectivity index (χ0v) is 11.3. The van der Waals surface area contributed by atoms with Crippen molar-refractivity contribution in [2.75, 3.05) is 40.1 Å². The topological polar surface area (TPSA) is 56.8 Å². The van der Waals surface area contributed by atoms with Gasteiger partial charge in [0.05, 0.1) is 6.61 Å². The van der Waals surface area contributed by atoms with E-state index in [9.17, 15) is 4.79 Å². The maximum atomic E-state index is 10.8. The first kappa shape index (κ1) is 15.5. The molecule has 5 heteroatoms. The Bertz CT molecular complexity index is 343. The molecular formula is C14H21NO4. The van der Waals surface area contributed by atoms with Gasteiger partial charge in [-0.1, -0.05) is 18.2 Å². The number of para-hydroxylation sites is 1. The molecule has 0 atom stereocenters. The van der Waals surface area contributed by atoms with Crippen LogP contribution in [0.4, 0.5) is 0 Å². The van der Waals surface area contributed by atoms with Gasteiger partial charge >= 0.3 is 0 Å². The number of ether oxygens (including phenoxy) is 3. The van der Waals surface area contributed by atoms with Crippen molar-refractivity contribution in [1.29, 1.82) is 0 Å². The lowest BCUT2D eigenvalue weighted by Gasteiger charge is -2.07. The van der Waals surface area contributed by atoms with Crippen molar-refractivity contribution < 1.29 is 19.0 Å². The highest BCUT2D eigenvalue weighted by atomic mass is 16.5. The molecule has 1 aromatic carbocycles. The second kappa shape index (κ2) is 10.3. The monoisotopic (exact) mass is 267 g/mol. The second-order valence-corrected chi connectivity index (χ2v) is 3.85. The van der Waals surface area contributed by atoms with Crippen LogP contribution in [0.5, 0.6) is 5.75 Å². The second-order valence-electron chi connectivity index (χ2n) is 3.85. The zero-order chi connectivity index (χ0) is 13.8. The van der Waals surface area contributed by atoms with Gasteiger partial charge in [-0.3, -0.25) is 4.79 Å². The molecule has 19 heavy (non-hydrogen) atoms. The Kier molecular flexibility index (Phi) is 8.42. The van der Waals surface area contributed by atoms with Crippen LogP contribution in [0.25, 0.3) is 0 Å². The molecule has 0 saturated carbocycles. The van der Waals surface area contributed by atoms with Gasteiger partial charge in [-0.15, -0.1) is 0 Å². The average molecular weight is 267 g/mol. The number of carbonyl (C=O) groups is 1. The van der Waals surface area contributed by atoms with Crippen molar-refractivity contribution in [3.8, 4) is 5.75 Å². The highest BCUT2D eigenvalue weighted by Crippen LogP contribution is 2.07. The van der Waals surface area contributed by atoms with Crippen molar-refractivity contribution in [3.05, 3.63) is 30.3 Å². The molecule has 0 unspecified atom stereocenters. The lowest BCUT2D eigenvalue weighted by atomic mass is 10.3. The van der Waals surface area contributed by atoms with Crippen molar-refractivity contribution in [2.45, 2.75) is 6.42 Å². The first-order valence-corrected chi connectivity index (χ1v) is 6.37. The van der Waals surface area contributed by atoms with Gasteiger partial charge in [0.2, 0.25) is 5.91 Å². The predicted octanol–water partition coefficient (Wildman–Crippen LogP) is 1.23. The van der Waals surface area contributed by atoms with Crippen LogP contribution in [0.1, 0.15) is 6.42 Å². The van der Waals surface area contributed by atoms with Crippen LogP contribution in [-0.4, -0.2) is 46.0 Å². The van der Waals surface area contributed by atoms with Gasteiger partial charge in [-0.05, 0) is 18.6 Å². The molecule has 5 nitrogen and oxygen atoms in total. The van der Waals surface area contributed by atoms with E-state index in [0.717, 1.165) is 12.2 Å². The first-order chi connectivity index (χ1) is 9.33. The van der Waals surface area contributed by atoms with E-state index >= 15 is 0 Å². The smallest absolute Gasteiger partial charge is 0.245 e. The summed E-state index contributed by atoms with van der Waals surface area (Å²) in [5.41, 5.74) is 0. The number of hydrogen-bond donors (Lipinski definition) is 1. The number of rotatable bonds is 10. The van der Waals surface area contributed by atoms with Gasteiger partial charge in [0.25, 0.3) is 0 Å². The number of amides is 1. The van der Waals surface area contributed by atoms with Crippen molar-refractivity contribution >= 4 is 5.91 Å². The van der Waals surface area contributed by atoms with Crippen LogP contribution >= 0.6 is 0 Å². The molecule has 0 bridgehead atoms. The quantitative estimate of drug-likeness (QED) is 0.648. The largest absolute Gasteiger partial charge is 0.491 e. The summed E-state index contributed by atoms with van der Waals surface area (Å²) in [5.74, 6) is 0.734. The summed E-state index contributed by atoms with van der Waals surface area (Å²) in [6.45, 7) is 2.31. The molecule has 0 aliphatic carbocycles. The Labute approximate surface area is 113 Å². The number of carbonyl (C=O) groups excluding carboxylic acids is 1. The predicted molar refractivity (Wildman–Crippen MR) is 72.3 cm³/mol. The molecule has 0 spiro atoms. The van der Waals surface area contributed by atoms with Crippen LogP contribution < -0.4 is 10.1 Å². The molecule has 1 aromatic rings. The molecule has 0 radical (unpaired) electrons. The number of benzene rings is 1. The summed E-state index contributed by atoms with van der Waals surface area (Å²) in [6, 6.07) is 9.63. The minimum absolute atomic E-state index is 0.105. The Morgan fingerprint density at radius 3 is 2.53 bits per heavy atom. The Hall–Kier alpha value is -1.59. The SMILES string of the molecule is CNC(=O)COCCCOCCOc1ccccc1. The summed E-state index contributed by atoms with van der Waals surface area (Å²) >= 11 is 0. The van der Waals surface area contributed by atoms with Gasteiger partial charge in [0.15, 0.2) is 0 Å². The Morgan fingerprint density at radius 1 is 1.05 bits per heavy atom.